The minimum absolute atomic E-state index is 0.573. The Bertz CT molecular complexity index is 1230. The molecule has 0 unspecified atom stereocenters. The van der Waals surface area contributed by atoms with E-state index >= 15 is 0 Å². The molecule has 5 aromatic rings. The Labute approximate surface area is 155 Å². The van der Waals surface area contributed by atoms with Crippen molar-refractivity contribution in [1.29, 1.82) is 0 Å². The van der Waals surface area contributed by atoms with E-state index in [4.69, 9.17) is 4.98 Å². The summed E-state index contributed by atoms with van der Waals surface area (Å²) in [4.78, 5) is 11.0. The number of pyridine rings is 1. The van der Waals surface area contributed by atoms with E-state index in [1.807, 2.05) is 41.9 Å². The largest absolute Gasteiger partial charge is 0.329 e. The Balaban J connectivity index is 1.76. The van der Waals surface area contributed by atoms with Gasteiger partial charge in [0.15, 0.2) is 0 Å². The number of fused-ring (bicyclic) bond motifs is 3. The fraction of sp³-hybridized carbons (Fsp3) is 0.0476. The number of anilines is 2. The molecule has 6 nitrogen and oxygen atoms in total. The number of aromatic nitrogens is 5. The Morgan fingerprint density at radius 2 is 1.81 bits per heavy atom. The minimum Gasteiger partial charge on any atom is -0.329 e. The van der Waals surface area contributed by atoms with Gasteiger partial charge in [0.25, 0.3) is 5.78 Å². The highest BCUT2D eigenvalue weighted by molar-refractivity contribution is 5.95. The summed E-state index contributed by atoms with van der Waals surface area (Å²) in [5.41, 5.74) is 4.22. The van der Waals surface area contributed by atoms with Crippen LogP contribution in [0.3, 0.4) is 0 Å². The fourth-order valence-electron chi connectivity index (χ4n) is 3.29. The predicted octanol–water partition coefficient (Wildman–Crippen LogP) is 4.11. The van der Waals surface area contributed by atoms with Crippen molar-refractivity contribution in [1.82, 2.24) is 24.6 Å². The third kappa shape index (κ3) is 2.58. The summed E-state index contributed by atoms with van der Waals surface area (Å²) in [7, 11) is 2.01. The van der Waals surface area contributed by atoms with E-state index in [0.717, 1.165) is 33.5 Å². The van der Waals surface area contributed by atoms with E-state index in [9.17, 15) is 0 Å². The Kier molecular flexibility index (Phi) is 3.53. The highest BCUT2D eigenvalue weighted by atomic mass is 15.3. The van der Waals surface area contributed by atoms with Crippen LogP contribution in [0.1, 0.15) is 0 Å². The van der Waals surface area contributed by atoms with Crippen LogP contribution >= 0.6 is 0 Å². The lowest BCUT2D eigenvalue weighted by Gasteiger charge is -2.20. The fourth-order valence-corrected chi connectivity index (χ4v) is 3.29. The molecule has 0 aliphatic carbocycles. The molecule has 0 fully saturated rings. The van der Waals surface area contributed by atoms with Gasteiger partial charge in [-0.15, -0.1) is 10.2 Å². The zero-order valence-corrected chi connectivity index (χ0v) is 14.7. The summed E-state index contributed by atoms with van der Waals surface area (Å²) < 4.78 is 1.91. The van der Waals surface area contributed by atoms with Crippen molar-refractivity contribution in [3.05, 3.63) is 79.4 Å². The number of para-hydroxylation sites is 1. The van der Waals surface area contributed by atoms with E-state index in [2.05, 4.69) is 56.5 Å². The molecule has 130 valence electrons. The Morgan fingerprint density at radius 3 is 2.63 bits per heavy atom. The summed E-state index contributed by atoms with van der Waals surface area (Å²) in [5.74, 6) is 1.41. The van der Waals surface area contributed by atoms with Gasteiger partial charge in [-0.2, -0.15) is 4.98 Å². The quantitative estimate of drug-likeness (QED) is 0.489. The zero-order chi connectivity index (χ0) is 18.2. The van der Waals surface area contributed by atoms with Crippen LogP contribution in [0.4, 0.5) is 11.5 Å². The second kappa shape index (κ2) is 6.17. The van der Waals surface area contributed by atoms with Gasteiger partial charge < -0.3 is 4.90 Å². The summed E-state index contributed by atoms with van der Waals surface area (Å²) in [6.45, 7) is 0. The molecular weight excluding hydrogens is 336 g/mol. The lowest BCUT2D eigenvalue weighted by molar-refractivity contribution is 1.08. The Hall–Kier alpha value is -3.80. The number of hydrogen-bond acceptors (Lipinski definition) is 5. The monoisotopic (exact) mass is 352 g/mol. The molecule has 27 heavy (non-hydrogen) atoms. The molecule has 6 heteroatoms. The van der Waals surface area contributed by atoms with Crippen LogP contribution in [-0.4, -0.2) is 31.6 Å². The van der Waals surface area contributed by atoms with Crippen molar-refractivity contribution >= 4 is 28.2 Å². The number of hydrogen-bond donors (Lipinski definition) is 0. The third-order valence-electron chi connectivity index (χ3n) is 4.69. The number of rotatable bonds is 3. The third-order valence-corrected chi connectivity index (χ3v) is 4.69. The first kappa shape index (κ1) is 15.5. The molecule has 0 radical (unpaired) electrons. The molecule has 0 N–H and O–H groups in total. The molecule has 0 saturated heterocycles. The van der Waals surface area contributed by atoms with E-state index in [1.165, 1.54) is 0 Å². The van der Waals surface area contributed by atoms with Gasteiger partial charge >= 0.3 is 0 Å². The average molecular weight is 352 g/mol. The average Bonchev–Trinajstić information content (AvgIpc) is 3.22. The van der Waals surface area contributed by atoms with Gasteiger partial charge in [-0.25, -0.2) is 0 Å². The second-order valence-corrected chi connectivity index (χ2v) is 6.30. The number of benzene rings is 2. The molecule has 0 saturated carbocycles. The maximum absolute atomic E-state index is 4.75. The van der Waals surface area contributed by atoms with Gasteiger partial charge in [0.05, 0.1) is 5.52 Å². The SMILES string of the molecule is CN(c1ccccc1)c1nc2nncn2c2cc(-c3cccnc3)ccc12. The molecule has 5 rings (SSSR count). The maximum atomic E-state index is 4.75. The first-order valence-electron chi connectivity index (χ1n) is 8.64. The van der Waals surface area contributed by atoms with Gasteiger partial charge in [0.2, 0.25) is 0 Å². The van der Waals surface area contributed by atoms with E-state index in [1.54, 1.807) is 12.5 Å². The lowest BCUT2D eigenvalue weighted by atomic mass is 10.1. The van der Waals surface area contributed by atoms with E-state index < -0.39 is 0 Å². The highest BCUT2D eigenvalue weighted by Crippen LogP contribution is 2.32. The molecule has 2 aromatic carbocycles. The molecule has 0 spiro atoms. The van der Waals surface area contributed by atoms with Crippen molar-refractivity contribution < 1.29 is 0 Å². The van der Waals surface area contributed by atoms with Gasteiger partial charge in [-0.3, -0.25) is 9.38 Å². The second-order valence-electron chi connectivity index (χ2n) is 6.30. The number of nitrogens with zero attached hydrogens (tertiary/aromatic N) is 6. The van der Waals surface area contributed by atoms with Crippen molar-refractivity contribution in [2.24, 2.45) is 0 Å². The summed E-state index contributed by atoms with van der Waals surface area (Å²) >= 11 is 0. The normalized spacial score (nSPS) is 11.1. The van der Waals surface area contributed by atoms with Gasteiger partial charge in [0, 0.05) is 36.1 Å². The summed E-state index contributed by atoms with van der Waals surface area (Å²) in [5, 5.41) is 9.25. The zero-order valence-electron chi connectivity index (χ0n) is 14.7. The van der Waals surface area contributed by atoms with Crippen molar-refractivity contribution in [2.45, 2.75) is 0 Å². The van der Waals surface area contributed by atoms with Crippen LogP contribution in [0.25, 0.3) is 27.8 Å². The van der Waals surface area contributed by atoms with Gasteiger partial charge in [0.1, 0.15) is 12.1 Å². The van der Waals surface area contributed by atoms with Crippen molar-refractivity contribution in [2.75, 3.05) is 11.9 Å². The molecule has 0 aliphatic heterocycles. The molecule has 3 heterocycles. The predicted molar refractivity (Wildman–Crippen MR) is 106 cm³/mol. The first-order valence-corrected chi connectivity index (χ1v) is 8.64. The molecular formula is C21H16N6. The van der Waals surface area contributed by atoms with Crippen LogP contribution in [0.5, 0.6) is 0 Å². The molecule has 0 bridgehead atoms. The standard InChI is InChI=1S/C21H16N6/c1-26(17-7-3-2-4-8-17)20-18-10-9-15(16-6-5-11-22-13-16)12-19(18)27-14-23-25-21(27)24-20/h2-14H,1H3. The lowest BCUT2D eigenvalue weighted by Crippen LogP contribution is -2.12. The van der Waals surface area contributed by atoms with E-state index in [0.29, 0.717) is 5.78 Å². The van der Waals surface area contributed by atoms with Gasteiger partial charge in [-0.05, 0) is 35.9 Å². The van der Waals surface area contributed by atoms with Crippen LogP contribution in [0.2, 0.25) is 0 Å². The molecule has 0 amide bonds. The van der Waals surface area contributed by atoms with Crippen molar-refractivity contribution in [3.63, 3.8) is 0 Å². The summed E-state index contributed by atoms with van der Waals surface area (Å²) in [6.07, 6.45) is 5.34. The maximum Gasteiger partial charge on any atom is 0.257 e. The molecule has 0 aliphatic rings. The van der Waals surface area contributed by atoms with Crippen LogP contribution in [0, 0.1) is 0 Å². The van der Waals surface area contributed by atoms with Gasteiger partial charge in [-0.1, -0.05) is 30.3 Å². The highest BCUT2D eigenvalue weighted by Gasteiger charge is 2.15. The summed E-state index contributed by atoms with van der Waals surface area (Å²) in [6, 6.07) is 20.5. The molecule has 3 aromatic heterocycles. The van der Waals surface area contributed by atoms with Crippen LogP contribution in [-0.2, 0) is 0 Å². The van der Waals surface area contributed by atoms with Crippen molar-refractivity contribution in [3.8, 4) is 11.1 Å². The molecule has 0 atom stereocenters. The minimum atomic E-state index is 0.573. The first-order chi connectivity index (χ1) is 13.3. The smallest absolute Gasteiger partial charge is 0.257 e. The topological polar surface area (TPSA) is 59.2 Å². The van der Waals surface area contributed by atoms with Crippen LogP contribution < -0.4 is 4.90 Å². The van der Waals surface area contributed by atoms with E-state index in [-0.39, 0.29) is 0 Å². The van der Waals surface area contributed by atoms with Crippen LogP contribution in [0.15, 0.2) is 79.4 Å². The Morgan fingerprint density at radius 1 is 0.926 bits per heavy atom.